The van der Waals surface area contributed by atoms with E-state index in [0.29, 0.717) is 35.1 Å². The first-order valence-corrected chi connectivity index (χ1v) is 13.1. The van der Waals surface area contributed by atoms with Gasteiger partial charge in [-0.25, -0.2) is 17.6 Å². The molecule has 1 aliphatic heterocycles. The summed E-state index contributed by atoms with van der Waals surface area (Å²) >= 11 is 0. The zero-order valence-electron chi connectivity index (χ0n) is 19.8. The summed E-state index contributed by atoms with van der Waals surface area (Å²) in [6.45, 7) is 2.16. The van der Waals surface area contributed by atoms with Gasteiger partial charge in [-0.05, 0) is 66.9 Å². The Kier molecular flexibility index (Phi) is 6.16. The van der Waals surface area contributed by atoms with Crippen molar-refractivity contribution in [2.24, 2.45) is 0 Å². The lowest BCUT2D eigenvalue weighted by atomic mass is 10.1. The van der Waals surface area contributed by atoms with Gasteiger partial charge in [0.15, 0.2) is 0 Å². The quantitative estimate of drug-likeness (QED) is 0.403. The van der Waals surface area contributed by atoms with Crippen LogP contribution in [0.4, 0.5) is 15.8 Å². The van der Waals surface area contributed by atoms with Gasteiger partial charge in [0.05, 0.1) is 10.9 Å². The third-order valence-corrected chi connectivity index (χ3v) is 7.76. The Balaban J connectivity index is 1.33. The first-order valence-electron chi connectivity index (χ1n) is 11.6. The summed E-state index contributed by atoms with van der Waals surface area (Å²) in [5, 5.41) is 0.363. The van der Waals surface area contributed by atoms with Crippen molar-refractivity contribution in [3.8, 4) is 0 Å². The molecule has 37 heavy (non-hydrogen) atoms. The number of fused-ring (bicyclic) bond motifs is 2. The van der Waals surface area contributed by atoms with Gasteiger partial charge in [0.2, 0.25) is 5.91 Å². The summed E-state index contributed by atoms with van der Waals surface area (Å²) in [4.78, 5) is 40.9. The number of carbonyl (C=O) groups is 1. The highest BCUT2D eigenvalue weighted by Crippen LogP contribution is 2.32. The normalized spacial score (nSPS) is 13.1. The van der Waals surface area contributed by atoms with Gasteiger partial charge in [-0.2, -0.15) is 0 Å². The van der Waals surface area contributed by atoms with Crippen LogP contribution in [0.15, 0.2) is 75.1 Å². The van der Waals surface area contributed by atoms with E-state index in [9.17, 15) is 27.2 Å². The summed E-state index contributed by atoms with van der Waals surface area (Å²) in [6.07, 6.45) is 0.535. The topological polar surface area (TPSA) is 121 Å². The van der Waals surface area contributed by atoms with Gasteiger partial charge < -0.3 is 4.90 Å². The number of para-hydroxylation sites is 1. The number of amides is 1. The molecule has 4 aromatic rings. The Hall–Kier alpha value is -4.25. The number of aryl methyl sites for hydroxylation is 2. The minimum Gasteiger partial charge on any atom is -0.312 e. The van der Waals surface area contributed by atoms with Gasteiger partial charge in [-0.1, -0.05) is 18.2 Å². The minimum atomic E-state index is -4.14. The second-order valence-corrected chi connectivity index (χ2v) is 10.5. The zero-order chi connectivity index (χ0) is 26.3. The molecule has 1 aromatic heterocycles. The SMILES string of the molecule is Cc1ccc(F)c(S(=O)(=O)Nc2ccc3c(c2)CCN3C(=O)CCn2c(=O)[nH]c(=O)c3ccccc32)c1. The number of sulfonamides is 1. The maximum atomic E-state index is 14.2. The van der Waals surface area contributed by atoms with E-state index in [-0.39, 0.29) is 24.6 Å². The van der Waals surface area contributed by atoms with Crippen LogP contribution in [0.1, 0.15) is 17.5 Å². The fourth-order valence-electron chi connectivity index (χ4n) is 4.56. The van der Waals surface area contributed by atoms with Crippen molar-refractivity contribution in [1.82, 2.24) is 9.55 Å². The Morgan fingerprint density at radius 2 is 1.86 bits per heavy atom. The van der Waals surface area contributed by atoms with Gasteiger partial charge in [0, 0.05) is 30.9 Å². The molecular formula is C26H23FN4O5S. The van der Waals surface area contributed by atoms with E-state index in [1.54, 1.807) is 48.2 Å². The van der Waals surface area contributed by atoms with Crippen LogP contribution in [-0.4, -0.2) is 30.4 Å². The van der Waals surface area contributed by atoms with Crippen molar-refractivity contribution < 1.29 is 17.6 Å². The number of aromatic amines is 1. The fraction of sp³-hybridized carbons (Fsp3) is 0.192. The molecule has 0 radical (unpaired) electrons. The molecule has 0 aliphatic carbocycles. The molecule has 0 fully saturated rings. The van der Waals surface area contributed by atoms with Crippen molar-refractivity contribution in [2.75, 3.05) is 16.2 Å². The standard InChI is InChI=1S/C26H23FN4O5S/c1-16-6-8-20(27)23(14-16)37(35,36)29-18-7-9-21-17(15-18)10-12-30(21)24(32)11-13-31-22-5-3-2-4-19(22)25(33)28-26(31)34/h2-9,14-15,29H,10-13H2,1H3,(H,28,33,34). The van der Waals surface area contributed by atoms with E-state index in [2.05, 4.69) is 9.71 Å². The first-order chi connectivity index (χ1) is 17.6. The molecule has 0 spiro atoms. The third-order valence-electron chi connectivity index (χ3n) is 6.36. The number of hydrogen-bond donors (Lipinski definition) is 2. The lowest BCUT2D eigenvalue weighted by Crippen LogP contribution is -2.34. The van der Waals surface area contributed by atoms with Crippen LogP contribution in [0.3, 0.4) is 0 Å². The number of nitrogens with zero attached hydrogens (tertiary/aromatic N) is 2. The number of halogens is 1. The van der Waals surface area contributed by atoms with E-state index in [1.165, 1.54) is 22.8 Å². The maximum absolute atomic E-state index is 14.2. The molecule has 11 heteroatoms. The highest BCUT2D eigenvalue weighted by molar-refractivity contribution is 7.92. The number of rotatable bonds is 6. The molecule has 0 bridgehead atoms. The number of aromatic nitrogens is 2. The molecule has 2 heterocycles. The second kappa shape index (κ2) is 9.32. The van der Waals surface area contributed by atoms with Gasteiger partial charge in [0.25, 0.3) is 15.6 Å². The molecule has 0 saturated heterocycles. The number of anilines is 2. The van der Waals surface area contributed by atoms with Crippen LogP contribution in [0.2, 0.25) is 0 Å². The largest absolute Gasteiger partial charge is 0.328 e. The van der Waals surface area contributed by atoms with Gasteiger partial charge >= 0.3 is 5.69 Å². The van der Waals surface area contributed by atoms with Crippen LogP contribution < -0.4 is 20.9 Å². The number of carbonyl (C=O) groups excluding carboxylic acids is 1. The second-order valence-electron chi connectivity index (χ2n) is 8.86. The van der Waals surface area contributed by atoms with E-state index in [0.717, 1.165) is 11.6 Å². The molecular weight excluding hydrogens is 499 g/mol. The molecule has 5 rings (SSSR count). The van der Waals surface area contributed by atoms with Crippen molar-refractivity contribution in [2.45, 2.75) is 31.2 Å². The molecule has 3 aromatic carbocycles. The molecule has 1 aliphatic rings. The Bertz CT molecular complexity index is 1780. The van der Waals surface area contributed by atoms with Crippen LogP contribution in [0.25, 0.3) is 10.9 Å². The van der Waals surface area contributed by atoms with Gasteiger partial charge in [-0.3, -0.25) is 23.9 Å². The van der Waals surface area contributed by atoms with Crippen LogP contribution in [0.5, 0.6) is 0 Å². The summed E-state index contributed by atoms with van der Waals surface area (Å²) in [5.41, 5.74) is 1.68. The zero-order valence-corrected chi connectivity index (χ0v) is 20.6. The van der Waals surface area contributed by atoms with Gasteiger partial charge in [-0.15, -0.1) is 0 Å². The maximum Gasteiger partial charge on any atom is 0.328 e. The van der Waals surface area contributed by atoms with E-state index < -0.39 is 32.0 Å². The van der Waals surface area contributed by atoms with Crippen LogP contribution in [0, 0.1) is 12.7 Å². The predicted octanol–water partition coefficient (Wildman–Crippen LogP) is 2.92. The lowest BCUT2D eigenvalue weighted by Gasteiger charge is -2.18. The molecule has 0 atom stereocenters. The summed E-state index contributed by atoms with van der Waals surface area (Å²) in [5.74, 6) is -1.05. The molecule has 9 nitrogen and oxygen atoms in total. The van der Waals surface area contributed by atoms with E-state index >= 15 is 0 Å². The van der Waals surface area contributed by atoms with Crippen LogP contribution in [-0.2, 0) is 27.8 Å². The Morgan fingerprint density at radius 3 is 2.68 bits per heavy atom. The van der Waals surface area contributed by atoms with Crippen molar-refractivity contribution >= 4 is 38.2 Å². The van der Waals surface area contributed by atoms with Crippen molar-refractivity contribution in [3.63, 3.8) is 0 Å². The van der Waals surface area contributed by atoms with Crippen molar-refractivity contribution in [1.29, 1.82) is 0 Å². The van der Waals surface area contributed by atoms with Crippen molar-refractivity contribution in [3.05, 3.63) is 98.4 Å². The van der Waals surface area contributed by atoms with E-state index in [1.807, 2.05) is 0 Å². The number of hydrogen-bond acceptors (Lipinski definition) is 5. The Labute approximate surface area is 211 Å². The number of nitrogens with one attached hydrogen (secondary N) is 2. The van der Waals surface area contributed by atoms with Crippen LogP contribution >= 0.6 is 0 Å². The fourth-order valence-corrected chi connectivity index (χ4v) is 5.77. The summed E-state index contributed by atoms with van der Waals surface area (Å²) in [7, 11) is -4.14. The Morgan fingerprint density at radius 1 is 1.08 bits per heavy atom. The highest BCUT2D eigenvalue weighted by Gasteiger charge is 2.26. The molecule has 1 amide bonds. The summed E-state index contributed by atoms with van der Waals surface area (Å²) in [6, 6.07) is 15.4. The average molecular weight is 523 g/mol. The summed E-state index contributed by atoms with van der Waals surface area (Å²) < 4.78 is 43.4. The molecule has 2 N–H and O–H groups in total. The third kappa shape index (κ3) is 4.65. The monoisotopic (exact) mass is 522 g/mol. The number of benzene rings is 3. The predicted molar refractivity (Wildman–Crippen MR) is 138 cm³/mol. The number of H-pyrrole nitrogens is 1. The molecule has 0 saturated carbocycles. The molecule has 190 valence electrons. The average Bonchev–Trinajstić information content (AvgIpc) is 3.28. The lowest BCUT2D eigenvalue weighted by molar-refractivity contribution is -0.118. The smallest absolute Gasteiger partial charge is 0.312 e. The van der Waals surface area contributed by atoms with Gasteiger partial charge in [0.1, 0.15) is 10.7 Å². The highest BCUT2D eigenvalue weighted by atomic mass is 32.2. The first kappa shape index (κ1) is 24.4. The molecule has 0 unspecified atom stereocenters. The minimum absolute atomic E-state index is 0.0242. The van der Waals surface area contributed by atoms with E-state index in [4.69, 9.17) is 0 Å².